The zero-order chi connectivity index (χ0) is 7.86. The molecule has 0 aromatic carbocycles. The first-order valence-electron chi connectivity index (χ1n) is 2.17. The second kappa shape index (κ2) is 7.78. The number of aliphatic imine (C=N–C) groups is 1. The van der Waals surface area contributed by atoms with Crippen molar-refractivity contribution in [1.29, 1.82) is 0 Å². The Labute approximate surface area is 65.8 Å². The summed E-state index contributed by atoms with van der Waals surface area (Å²) >= 11 is 7.79. The van der Waals surface area contributed by atoms with E-state index in [1.54, 1.807) is 6.92 Å². The first kappa shape index (κ1) is 11.6. The van der Waals surface area contributed by atoms with Gasteiger partial charge in [-0.3, -0.25) is 9.79 Å². The largest absolute Gasteiger partial charge is 0.288 e. The Balaban J connectivity index is 0. The topological polar surface area (TPSA) is 29.4 Å². The molecule has 0 aromatic rings. The van der Waals surface area contributed by atoms with Crippen molar-refractivity contribution in [2.24, 2.45) is 4.99 Å². The average molecular weight is 163 g/mol. The summed E-state index contributed by atoms with van der Waals surface area (Å²) in [6, 6.07) is 0. The van der Waals surface area contributed by atoms with Crippen LogP contribution in [0, 0.1) is 0 Å². The highest BCUT2D eigenvalue weighted by Crippen LogP contribution is 1.68. The van der Waals surface area contributed by atoms with Gasteiger partial charge in [0.2, 0.25) is 0 Å². The van der Waals surface area contributed by atoms with Crippen molar-refractivity contribution in [3.63, 3.8) is 0 Å². The van der Waals surface area contributed by atoms with E-state index in [4.69, 9.17) is 0 Å². The van der Waals surface area contributed by atoms with E-state index < -0.39 is 0 Å². The summed E-state index contributed by atoms with van der Waals surface area (Å²) in [6.45, 7) is 6.29. The fourth-order valence-corrected chi connectivity index (χ4v) is 0. The van der Waals surface area contributed by atoms with Crippen LogP contribution in [0.3, 0.4) is 0 Å². The smallest absolute Gasteiger partial charge is 0.182 e. The van der Waals surface area contributed by atoms with Crippen molar-refractivity contribution < 1.29 is 4.79 Å². The summed E-state index contributed by atoms with van der Waals surface area (Å²) in [5, 5.41) is -0.139. The Hall–Kier alpha value is -0.220. The molecule has 0 saturated heterocycles. The number of carbonyl (C=O) groups excluding carboxylic acids is 1. The van der Waals surface area contributed by atoms with Gasteiger partial charge in [-0.15, -0.1) is 12.6 Å². The molecule has 0 aliphatic heterocycles. The highest BCUT2D eigenvalue weighted by molar-refractivity contribution is 7.96. The van der Waals surface area contributed by atoms with Crippen LogP contribution < -0.4 is 0 Å². The first-order valence-corrected chi connectivity index (χ1v) is 3.03. The third kappa shape index (κ3) is 82.0. The van der Waals surface area contributed by atoms with Crippen molar-refractivity contribution in [2.75, 3.05) is 0 Å². The Bertz CT molecular complexity index is 118. The molecule has 4 heteroatoms. The minimum atomic E-state index is -0.139. The third-order valence-corrected chi connectivity index (χ3v) is 0.352. The van der Waals surface area contributed by atoms with Crippen LogP contribution in [0.5, 0.6) is 0 Å². The van der Waals surface area contributed by atoms with Gasteiger partial charge in [-0.25, -0.2) is 0 Å². The van der Waals surface area contributed by atoms with Crippen molar-refractivity contribution >= 4 is 41.7 Å². The SMILES string of the molecule is C=NC(C)=S.CC(=O)S. The van der Waals surface area contributed by atoms with Gasteiger partial charge in [-0.1, -0.05) is 12.2 Å². The Morgan fingerprint density at radius 1 is 1.67 bits per heavy atom. The Morgan fingerprint density at radius 3 is 1.78 bits per heavy atom. The Kier molecular flexibility index (Phi) is 9.99. The zero-order valence-corrected chi connectivity index (χ0v) is 7.13. The summed E-state index contributed by atoms with van der Waals surface area (Å²) < 4.78 is 0. The molecule has 0 N–H and O–H groups in total. The lowest BCUT2D eigenvalue weighted by atomic mass is 10.8. The van der Waals surface area contributed by atoms with Crippen molar-refractivity contribution in [3.8, 4) is 0 Å². The molecular formula is C5H9NOS2. The molecule has 0 radical (unpaired) electrons. The highest BCUT2D eigenvalue weighted by atomic mass is 32.1. The minimum absolute atomic E-state index is 0.139. The second-order valence-corrected chi connectivity index (χ2v) is 2.42. The van der Waals surface area contributed by atoms with Crippen LogP contribution in [0.4, 0.5) is 0 Å². The summed E-state index contributed by atoms with van der Waals surface area (Å²) in [7, 11) is 0. The molecule has 52 valence electrons. The predicted molar refractivity (Wildman–Crippen MR) is 47.5 cm³/mol. The lowest BCUT2D eigenvalue weighted by molar-refractivity contribution is -0.108. The van der Waals surface area contributed by atoms with E-state index in [0.29, 0.717) is 4.99 Å². The van der Waals surface area contributed by atoms with Gasteiger partial charge in [-0.2, -0.15) is 0 Å². The molecule has 0 fully saturated rings. The number of carbonyl (C=O) groups is 1. The summed E-state index contributed by atoms with van der Waals surface area (Å²) in [6.07, 6.45) is 0. The maximum absolute atomic E-state index is 9.31. The van der Waals surface area contributed by atoms with E-state index >= 15 is 0 Å². The van der Waals surface area contributed by atoms with Gasteiger partial charge in [-0.05, 0) is 13.6 Å². The van der Waals surface area contributed by atoms with Crippen LogP contribution in [0.25, 0.3) is 0 Å². The van der Waals surface area contributed by atoms with Crippen molar-refractivity contribution in [2.45, 2.75) is 13.8 Å². The minimum Gasteiger partial charge on any atom is -0.288 e. The third-order valence-electron chi connectivity index (χ3n) is 0.223. The molecule has 0 aliphatic carbocycles. The molecule has 0 spiro atoms. The van der Waals surface area contributed by atoms with Crippen LogP contribution in [0.2, 0.25) is 0 Å². The second-order valence-electron chi connectivity index (χ2n) is 1.20. The van der Waals surface area contributed by atoms with Crippen molar-refractivity contribution in [3.05, 3.63) is 0 Å². The molecule has 0 atom stereocenters. The molecule has 0 heterocycles. The number of thiol groups is 1. The van der Waals surface area contributed by atoms with Gasteiger partial charge in [0.25, 0.3) is 0 Å². The van der Waals surface area contributed by atoms with E-state index in [2.05, 4.69) is 36.6 Å². The van der Waals surface area contributed by atoms with E-state index in [1.165, 1.54) is 6.92 Å². The van der Waals surface area contributed by atoms with Crippen LogP contribution in [-0.2, 0) is 4.79 Å². The zero-order valence-electron chi connectivity index (χ0n) is 5.42. The summed E-state index contributed by atoms with van der Waals surface area (Å²) in [4.78, 5) is 13.3. The average Bonchev–Trinajstić information content (AvgIpc) is 1.65. The molecule has 0 aromatic heterocycles. The molecular weight excluding hydrogens is 154 g/mol. The van der Waals surface area contributed by atoms with Crippen molar-refractivity contribution in [1.82, 2.24) is 0 Å². The molecule has 9 heavy (non-hydrogen) atoms. The van der Waals surface area contributed by atoms with Gasteiger partial charge in [0, 0.05) is 6.92 Å². The molecule has 0 amide bonds. The number of rotatable bonds is 0. The fourth-order valence-electron chi connectivity index (χ4n) is 0. The molecule has 0 bridgehead atoms. The van der Waals surface area contributed by atoms with Gasteiger partial charge in [0.1, 0.15) is 0 Å². The van der Waals surface area contributed by atoms with Crippen LogP contribution in [-0.4, -0.2) is 16.8 Å². The number of thiocarbonyl (C=S) groups is 1. The van der Waals surface area contributed by atoms with E-state index in [0.717, 1.165) is 0 Å². The fraction of sp³-hybridized carbons (Fsp3) is 0.400. The van der Waals surface area contributed by atoms with Gasteiger partial charge in [0.05, 0.1) is 4.99 Å². The molecule has 0 unspecified atom stereocenters. The molecule has 0 aliphatic rings. The quantitative estimate of drug-likeness (QED) is 0.333. The lowest BCUT2D eigenvalue weighted by Gasteiger charge is -1.69. The van der Waals surface area contributed by atoms with Gasteiger partial charge >= 0.3 is 0 Å². The summed E-state index contributed by atoms with van der Waals surface area (Å²) in [5.74, 6) is 0. The number of hydrogen-bond donors (Lipinski definition) is 1. The summed E-state index contributed by atoms with van der Waals surface area (Å²) in [5.41, 5.74) is 0. The maximum Gasteiger partial charge on any atom is 0.182 e. The van der Waals surface area contributed by atoms with Gasteiger partial charge in [0.15, 0.2) is 5.12 Å². The monoisotopic (exact) mass is 163 g/mol. The van der Waals surface area contributed by atoms with Gasteiger partial charge < -0.3 is 0 Å². The van der Waals surface area contributed by atoms with Crippen LogP contribution in [0.15, 0.2) is 4.99 Å². The lowest BCUT2D eigenvalue weighted by Crippen LogP contribution is -1.69. The van der Waals surface area contributed by atoms with E-state index in [-0.39, 0.29) is 5.12 Å². The normalized spacial score (nSPS) is 6.56. The Morgan fingerprint density at radius 2 is 1.78 bits per heavy atom. The predicted octanol–water partition coefficient (Wildman–Crippen LogP) is 1.50. The van der Waals surface area contributed by atoms with Crippen LogP contribution >= 0.6 is 24.8 Å². The van der Waals surface area contributed by atoms with Crippen LogP contribution in [0.1, 0.15) is 13.8 Å². The molecule has 2 nitrogen and oxygen atoms in total. The standard InChI is InChI=1S/C3H5NS.C2H4OS/c1-3(5)4-2;1-2(3)4/h2H2,1H3;1H3,(H,3,4). The number of nitrogens with zero attached hydrogens (tertiary/aromatic N) is 1. The number of hydrogen-bond acceptors (Lipinski definition) is 2. The first-order chi connectivity index (χ1) is 4.00. The van der Waals surface area contributed by atoms with E-state index in [9.17, 15) is 4.79 Å². The highest BCUT2D eigenvalue weighted by Gasteiger charge is 1.64. The molecule has 0 rings (SSSR count). The van der Waals surface area contributed by atoms with E-state index in [1.807, 2.05) is 0 Å². The molecule has 0 saturated carbocycles. The maximum atomic E-state index is 9.31.